The molecule has 9 heteroatoms. The molecule has 1 aliphatic carbocycles. The number of nitrogens with zero attached hydrogens (tertiary/aromatic N) is 1. The summed E-state index contributed by atoms with van der Waals surface area (Å²) in [4.78, 5) is 30.3. The molecule has 0 spiro atoms. The van der Waals surface area contributed by atoms with E-state index in [-0.39, 0.29) is 37.2 Å². The van der Waals surface area contributed by atoms with E-state index in [4.69, 9.17) is 9.39 Å². The number of imide groups is 1. The minimum absolute atomic E-state index is 0.147. The number of allylic oxidation sites excluding steroid dienone is 1. The van der Waals surface area contributed by atoms with Gasteiger partial charge in [0, 0.05) is 4.88 Å². The lowest BCUT2D eigenvalue weighted by Gasteiger charge is -2.43. The number of benzene rings is 3. The Morgan fingerprint density at radius 1 is 0.980 bits per heavy atom. The van der Waals surface area contributed by atoms with Crippen molar-refractivity contribution >= 4 is 41.9 Å². The number of thiophene rings is 1. The number of rotatable bonds is 10. The summed E-state index contributed by atoms with van der Waals surface area (Å²) in [6.45, 7) is 4.34. The first-order valence-corrected chi connectivity index (χ1v) is 17.8. The number of ether oxygens (including phenoxy) is 1. The number of aryl methyl sites for hydroxylation is 2. The molecule has 2 N–H and O–H groups in total. The smallest absolute Gasteiger partial charge is 0.455 e. The maximum absolute atomic E-state index is 14.1. The molecule has 0 radical (unpaired) electrons. The number of likely N-dealkylation sites (tertiary alicyclic amines) is 1. The molecule has 250 valence electrons. The van der Waals surface area contributed by atoms with Crippen molar-refractivity contribution in [2.75, 3.05) is 6.61 Å². The number of carbonyl (C=O) groups is 2. The molecule has 2 saturated heterocycles. The number of hydrogen-bond donors (Lipinski definition) is 2. The lowest BCUT2D eigenvalue weighted by Crippen LogP contribution is -2.46. The van der Waals surface area contributed by atoms with Gasteiger partial charge in [0.2, 0.25) is 11.8 Å². The number of amides is 2. The van der Waals surface area contributed by atoms with E-state index in [2.05, 4.69) is 18.2 Å². The zero-order chi connectivity index (χ0) is 34.1. The Morgan fingerprint density at radius 2 is 1.69 bits per heavy atom. The monoisotopic (exact) mass is 673 g/mol. The second kappa shape index (κ2) is 14.2. The van der Waals surface area contributed by atoms with Crippen LogP contribution in [0.25, 0.3) is 11.6 Å². The molecule has 7 rings (SSSR count). The van der Waals surface area contributed by atoms with Gasteiger partial charge in [-0.15, -0.1) is 11.3 Å². The van der Waals surface area contributed by atoms with Crippen LogP contribution < -0.4 is 4.74 Å². The number of phenols is 1. The number of aromatic hydroxyl groups is 1. The van der Waals surface area contributed by atoms with Gasteiger partial charge < -0.3 is 19.5 Å². The van der Waals surface area contributed by atoms with Crippen LogP contribution in [0.5, 0.6) is 11.5 Å². The number of hydrogen-bond acceptors (Lipinski definition) is 7. The number of carbonyl (C=O) groups excluding carboxylic acids is 2. The van der Waals surface area contributed by atoms with E-state index in [1.807, 2.05) is 92.0 Å². The third-order valence-corrected chi connectivity index (χ3v) is 11.0. The van der Waals surface area contributed by atoms with Crippen molar-refractivity contribution in [1.82, 2.24) is 4.90 Å². The van der Waals surface area contributed by atoms with Gasteiger partial charge >= 0.3 is 7.12 Å². The normalized spacial score (nSPS) is 22.4. The summed E-state index contributed by atoms with van der Waals surface area (Å²) >= 11 is 1.53. The third kappa shape index (κ3) is 6.88. The van der Waals surface area contributed by atoms with Crippen molar-refractivity contribution in [2.24, 2.45) is 17.8 Å². The summed E-state index contributed by atoms with van der Waals surface area (Å²) in [6, 6.07) is 27.6. The van der Waals surface area contributed by atoms with E-state index in [1.165, 1.54) is 16.2 Å². The summed E-state index contributed by atoms with van der Waals surface area (Å²) in [5.41, 5.74) is 6.75. The molecule has 7 nitrogen and oxygen atoms in total. The van der Waals surface area contributed by atoms with Crippen LogP contribution in [-0.2, 0) is 20.8 Å². The molecule has 4 aromatic rings. The van der Waals surface area contributed by atoms with Crippen LogP contribution in [-0.4, -0.2) is 46.7 Å². The molecule has 1 aromatic heterocycles. The molecular weight excluding hydrogens is 633 g/mol. The molecule has 0 saturated carbocycles. The Kier molecular flexibility index (Phi) is 9.58. The number of phenolic OH excluding ortho intramolecular Hbond substituents is 1. The molecule has 2 aliphatic heterocycles. The topological polar surface area (TPSA) is 96.3 Å². The van der Waals surface area contributed by atoms with Crippen LogP contribution >= 0.6 is 11.3 Å². The predicted molar refractivity (Wildman–Crippen MR) is 193 cm³/mol. The minimum Gasteiger partial charge on any atom is -0.507 e. The van der Waals surface area contributed by atoms with Crippen LogP contribution in [0.1, 0.15) is 46.4 Å². The maximum atomic E-state index is 14.1. The second-order valence-electron chi connectivity index (χ2n) is 13.3. The van der Waals surface area contributed by atoms with E-state index >= 15 is 0 Å². The fourth-order valence-electron chi connectivity index (χ4n) is 7.88. The summed E-state index contributed by atoms with van der Waals surface area (Å²) < 4.78 is 12.6. The Balaban J connectivity index is 1.23. The van der Waals surface area contributed by atoms with Crippen molar-refractivity contribution < 1.29 is 29.1 Å². The summed E-state index contributed by atoms with van der Waals surface area (Å²) in [6.07, 6.45) is 3.55. The Hall–Kier alpha value is -4.44. The molecule has 2 fully saturated rings. The van der Waals surface area contributed by atoms with Gasteiger partial charge in [-0.2, -0.15) is 0 Å². The van der Waals surface area contributed by atoms with Crippen molar-refractivity contribution in [1.29, 1.82) is 0 Å². The molecule has 3 aromatic carbocycles. The second-order valence-corrected chi connectivity index (χ2v) is 14.4. The van der Waals surface area contributed by atoms with Gasteiger partial charge in [-0.1, -0.05) is 60.7 Å². The summed E-state index contributed by atoms with van der Waals surface area (Å²) in [7, 11) is -1.06. The maximum Gasteiger partial charge on any atom is 0.455 e. The highest BCUT2D eigenvalue weighted by molar-refractivity contribution is 7.09. The minimum atomic E-state index is -1.06. The quantitative estimate of drug-likeness (QED) is 0.0785. The Morgan fingerprint density at radius 3 is 2.39 bits per heavy atom. The van der Waals surface area contributed by atoms with Crippen molar-refractivity contribution in [2.45, 2.75) is 52.1 Å². The first kappa shape index (κ1) is 33.1. The number of fused-ring (bicyclic) bond motifs is 3. The van der Waals surface area contributed by atoms with Gasteiger partial charge in [0.1, 0.15) is 18.1 Å². The van der Waals surface area contributed by atoms with E-state index in [9.17, 15) is 19.7 Å². The standard InChI is InChI=1S/C40H40BNO6S/c1-25-18-27(19-26(2)38(25)43)20-29(28-10-5-3-6-11-28)15-16-35-36-30(24-47-31-12-7-4-8-13-31)21-33-37(34(36)22-41(46)48-35)40(45)42(39(33)44)23-32-14-9-17-49-32/h3-14,17-20,33-35,37,43,46H,15-16,21-24H2,1-2H3/b29-20-/t33-,34+,35-,37-/m1/s1. The SMILES string of the molecule is Cc1cc(/C=C(/CC[C@H]2OB(O)C[C@H]3C2=C(COc2ccccc2)C[C@H]2C(=O)N(Cc4cccs4)C(=O)[C@H]23)c2ccccc2)cc(C)c1O. The van der Waals surface area contributed by atoms with Gasteiger partial charge in [0.15, 0.2) is 0 Å². The van der Waals surface area contributed by atoms with Crippen LogP contribution in [0.4, 0.5) is 0 Å². The Labute approximate surface area is 291 Å². The average Bonchev–Trinajstić information content (AvgIpc) is 3.71. The zero-order valence-corrected chi connectivity index (χ0v) is 28.6. The zero-order valence-electron chi connectivity index (χ0n) is 27.7. The van der Waals surface area contributed by atoms with Crippen LogP contribution in [0, 0.1) is 31.6 Å². The van der Waals surface area contributed by atoms with Gasteiger partial charge in [-0.25, -0.2) is 0 Å². The molecule has 3 heterocycles. The summed E-state index contributed by atoms with van der Waals surface area (Å²) in [5.74, 6) is -0.660. The predicted octanol–water partition coefficient (Wildman–Crippen LogP) is 7.47. The lowest BCUT2D eigenvalue weighted by molar-refractivity contribution is -0.140. The largest absolute Gasteiger partial charge is 0.507 e. The molecule has 4 atom stereocenters. The van der Waals surface area contributed by atoms with Gasteiger partial charge in [-0.05, 0) is 120 Å². The van der Waals surface area contributed by atoms with Crippen LogP contribution in [0.15, 0.2) is 101 Å². The van der Waals surface area contributed by atoms with Crippen LogP contribution in [0.3, 0.4) is 0 Å². The molecular formula is C40H40BNO6S. The van der Waals surface area contributed by atoms with Crippen LogP contribution in [0.2, 0.25) is 6.32 Å². The van der Waals surface area contributed by atoms with E-state index in [0.29, 0.717) is 25.0 Å². The van der Waals surface area contributed by atoms with Gasteiger partial charge in [-0.3, -0.25) is 14.5 Å². The van der Waals surface area contributed by atoms with Gasteiger partial charge in [0.25, 0.3) is 0 Å². The summed E-state index contributed by atoms with van der Waals surface area (Å²) in [5, 5.41) is 23.5. The Bertz CT molecular complexity index is 1870. The van der Waals surface area contributed by atoms with Crippen molar-refractivity contribution in [3.05, 3.63) is 129 Å². The third-order valence-electron chi connectivity index (χ3n) is 10.1. The van der Waals surface area contributed by atoms with Gasteiger partial charge in [0.05, 0.1) is 24.5 Å². The van der Waals surface area contributed by atoms with Crippen molar-refractivity contribution in [3.8, 4) is 11.5 Å². The highest BCUT2D eigenvalue weighted by atomic mass is 32.1. The molecule has 49 heavy (non-hydrogen) atoms. The molecule has 0 bridgehead atoms. The first-order chi connectivity index (χ1) is 23.8. The average molecular weight is 674 g/mol. The van der Waals surface area contributed by atoms with E-state index in [1.54, 1.807) is 0 Å². The molecule has 0 unspecified atom stereocenters. The molecule has 3 aliphatic rings. The van der Waals surface area contributed by atoms with Crippen molar-refractivity contribution in [3.63, 3.8) is 0 Å². The van der Waals surface area contributed by atoms with E-state index in [0.717, 1.165) is 49.6 Å². The highest BCUT2D eigenvalue weighted by Gasteiger charge is 2.57. The lowest BCUT2D eigenvalue weighted by atomic mass is 9.58. The highest BCUT2D eigenvalue weighted by Crippen LogP contribution is 2.51. The fraction of sp³-hybridized carbons (Fsp3) is 0.300. The number of para-hydroxylation sites is 1. The first-order valence-electron chi connectivity index (χ1n) is 16.9. The molecule has 2 amide bonds. The fourth-order valence-corrected chi connectivity index (χ4v) is 8.57. The van der Waals surface area contributed by atoms with E-state index < -0.39 is 25.1 Å².